The SMILES string of the molecule is COc1ccc(-c2nnc(SCC(=O)NN=Cc3ccc(OC)cc3OC)n2-c2ccc(Cl)cc2)cc1. The number of halogens is 1. The topological polar surface area (TPSA) is 99.9 Å². The van der Waals surface area contributed by atoms with Gasteiger partial charge in [0.25, 0.3) is 5.91 Å². The Morgan fingerprint density at radius 2 is 1.68 bits per heavy atom. The molecular weight excluding hydrogens is 514 g/mol. The summed E-state index contributed by atoms with van der Waals surface area (Å²) in [4.78, 5) is 12.5. The van der Waals surface area contributed by atoms with Crippen molar-refractivity contribution in [3.8, 4) is 34.3 Å². The van der Waals surface area contributed by atoms with Crippen molar-refractivity contribution in [2.24, 2.45) is 5.10 Å². The molecule has 4 rings (SSSR count). The van der Waals surface area contributed by atoms with Crippen molar-refractivity contribution in [3.05, 3.63) is 77.3 Å². The lowest BCUT2D eigenvalue weighted by molar-refractivity contribution is -0.118. The molecule has 0 unspecified atom stereocenters. The van der Waals surface area contributed by atoms with Gasteiger partial charge in [0, 0.05) is 27.9 Å². The Hall–Kier alpha value is -4.02. The number of hydrogen-bond donors (Lipinski definition) is 1. The number of carbonyl (C=O) groups is 1. The number of rotatable bonds is 10. The molecule has 0 aliphatic heterocycles. The Kier molecular flexibility index (Phi) is 8.65. The van der Waals surface area contributed by atoms with Gasteiger partial charge in [-0.05, 0) is 60.7 Å². The second-order valence-corrected chi connectivity index (χ2v) is 8.92. The highest BCUT2D eigenvalue weighted by Crippen LogP contribution is 2.29. The van der Waals surface area contributed by atoms with Gasteiger partial charge in [-0.15, -0.1) is 10.2 Å². The molecule has 0 radical (unpaired) electrons. The van der Waals surface area contributed by atoms with Crippen molar-refractivity contribution >= 4 is 35.5 Å². The summed E-state index contributed by atoms with van der Waals surface area (Å²) >= 11 is 7.33. The summed E-state index contributed by atoms with van der Waals surface area (Å²) in [7, 11) is 4.75. The van der Waals surface area contributed by atoms with E-state index in [0.717, 1.165) is 17.0 Å². The Balaban J connectivity index is 1.50. The number of aromatic nitrogens is 3. The van der Waals surface area contributed by atoms with E-state index in [1.807, 2.05) is 41.0 Å². The number of thioether (sulfide) groups is 1. The molecule has 0 saturated heterocycles. The maximum Gasteiger partial charge on any atom is 0.250 e. The van der Waals surface area contributed by atoms with E-state index in [1.165, 1.54) is 18.0 Å². The summed E-state index contributed by atoms with van der Waals surface area (Å²) in [5, 5.41) is 13.9. The van der Waals surface area contributed by atoms with Gasteiger partial charge >= 0.3 is 0 Å². The molecule has 0 aliphatic carbocycles. The molecule has 1 aromatic heterocycles. The summed E-state index contributed by atoms with van der Waals surface area (Å²) in [6, 6.07) is 20.1. The highest BCUT2D eigenvalue weighted by Gasteiger charge is 2.17. The zero-order valence-corrected chi connectivity index (χ0v) is 21.9. The van der Waals surface area contributed by atoms with Crippen LogP contribution in [0.1, 0.15) is 5.56 Å². The van der Waals surface area contributed by atoms with Gasteiger partial charge in [0.05, 0.1) is 33.3 Å². The van der Waals surface area contributed by atoms with Gasteiger partial charge in [-0.3, -0.25) is 9.36 Å². The lowest BCUT2D eigenvalue weighted by Crippen LogP contribution is -2.20. The highest BCUT2D eigenvalue weighted by molar-refractivity contribution is 7.99. The quantitative estimate of drug-likeness (QED) is 0.175. The minimum atomic E-state index is -0.301. The van der Waals surface area contributed by atoms with Crippen molar-refractivity contribution in [3.63, 3.8) is 0 Å². The molecular formula is C26H24ClN5O4S. The second-order valence-electron chi connectivity index (χ2n) is 7.54. The summed E-state index contributed by atoms with van der Waals surface area (Å²) in [5.74, 6) is 2.37. The molecule has 0 bridgehead atoms. The van der Waals surface area contributed by atoms with Crippen molar-refractivity contribution in [1.29, 1.82) is 0 Å². The Labute approximate surface area is 223 Å². The molecule has 4 aromatic rings. The third-order valence-electron chi connectivity index (χ3n) is 5.23. The molecule has 190 valence electrons. The van der Waals surface area contributed by atoms with E-state index in [-0.39, 0.29) is 11.7 Å². The predicted octanol–water partition coefficient (Wildman–Crippen LogP) is 4.86. The van der Waals surface area contributed by atoms with Crippen molar-refractivity contribution in [1.82, 2.24) is 20.2 Å². The zero-order chi connectivity index (χ0) is 26.2. The van der Waals surface area contributed by atoms with Crippen LogP contribution in [0, 0.1) is 0 Å². The van der Waals surface area contributed by atoms with Gasteiger partial charge in [-0.2, -0.15) is 5.10 Å². The lowest BCUT2D eigenvalue weighted by atomic mass is 10.2. The molecule has 37 heavy (non-hydrogen) atoms. The van der Waals surface area contributed by atoms with Gasteiger partial charge in [0.2, 0.25) is 0 Å². The largest absolute Gasteiger partial charge is 0.497 e. The van der Waals surface area contributed by atoms with Crippen LogP contribution in [0.4, 0.5) is 0 Å². The van der Waals surface area contributed by atoms with Gasteiger partial charge in [-0.1, -0.05) is 23.4 Å². The first-order valence-corrected chi connectivity index (χ1v) is 12.4. The molecule has 0 spiro atoms. The number of hydrogen-bond acceptors (Lipinski definition) is 8. The first-order valence-electron chi connectivity index (χ1n) is 11.0. The molecule has 9 nitrogen and oxygen atoms in total. The number of methoxy groups -OCH3 is 3. The van der Waals surface area contributed by atoms with Crippen LogP contribution in [-0.2, 0) is 4.79 Å². The smallest absolute Gasteiger partial charge is 0.250 e. The van der Waals surface area contributed by atoms with Crippen LogP contribution in [0.5, 0.6) is 17.2 Å². The molecule has 1 N–H and O–H groups in total. The minimum absolute atomic E-state index is 0.0748. The first-order chi connectivity index (χ1) is 18.0. The average molecular weight is 538 g/mol. The molecule has 1 heterocycles. The fourth-order valence-corrected chi connectivity index (χ4v) is 4.24. The number of ether oxygens (including phenoxy) is 3. The predicted molar refractivity (Wildman–Crippen MR) is 144 cm³/mol. The van der Waals surface area contributed by atoms with E-state index < -0.39 is 0 Å². The lowest BCUT2D eigenvalue weighted by Gasteiger charge is -2.11. The van der Waals surface area contributed by atoms with Crippen LogP contribution >= 0.6 is 23.4 Å². The van der Waals surface area contributed by atoms with Gasteiger partial charge in [0.1, 0.15) is 17.2 Å². The van der Waals surface area contributed by atoms with Crippen LogP contribution in [-0.4, -0.2) is 54.0 Å². The molecule has 0 saturated carbocycles. The van der Waals surface area contributed by atoms with Crippen LogP contribution in [0.2, 0.25) is 5.02 Å². The normalized spacial score (nSPS) is 10.9. The zero-order valence-electron chi connectivity index (χ0n) is 20.3. The number of carbonyl (C=O) groups excluding carboxylic acids is 1. The summed E-state index contributed by atoms with van der Waals surface area (Å²) in [5.41, 5.74) is 4.89. The van der Waals surface area contributed by atoms with E-state index >= 15 is 0 Å². The van der Waals surface area contributed by atoms with Crippen LogP contribution < -0.4 is 19.6 Å². The van der Waals surface area contributed by atoms with Crippen molar-refractivity contribution in [2.45, 2.75) is 5.16 Å². The molecule has 11 heteroatoms. The first kappa shape index (κ1) is 26.1. The van der Waals surface area contributed by atoms with E-state index in [9.17, 15) is 4.79 Å². The number of amides is 1. The Morgan fingerprint density at radius 3 is 2.35 bits per heavy atom. The maximum atomic E-state index is 12.5. The second kappa shape index (κ2) is 12.3. The van der Waals surface area contributed by atoms with Crippen LogP contribution in [0.3, 0.4) is 0 Å². The standard InChI is InChI=1S/C26H24ClN5O4S/c1-34-21-11-4-17(5-12-21)25-30-31-26(32(25)20-9-7-19(27)8-10-20)37-16-24(33)29-28-15-18-6-13-22(35-2)14-23(18)36-3/h4-15H,16H2,1-3H3,(H,29,33). The monoisotopic (exact) mass is 537 g/mol. The summed E-state index contributed by atoms with van der Waals surface area (Å²) in [6.07, 6.45) is 1.51. The van der Waals surface area contributed by atoms with Gasteiger partial charge < -0.3 is 14.2 Å². The molecule has 0 fully saturated rings. The van der Waals surface area contributed by atoms with E-state index in [2.05, 4.69) is 20.7 Å². The minimum Gasteiger partial charge on any atom is -0.497 e. The number of benzene rings is 3. The van der Waals surface area contributed by atoms with Crippen molar-refractivity contribution in [2.75, 3.05) is 27.1 Å². The Morgan fingerprint density at radius 1 is 0.973 bits per heavy atom. The van der Waals surface area contributed by atoms with Gasteiger partial charge in [-0.25, -0.2) is 5.43 Å². The fraction of sp³-hybridized carbons (Fsp3) is 0.154. The van der Waals surface area contributed by atoms with E-state index in [4.69, 9.17) is 25.8 Å². The molecule has 3 aromatic carbocycles. The summed E-state index contributed by atoms with van der Waals surface area (Å²) in [6.45, 7) is 0. The van der Waals surface area contributed by atoms with Crippen LogP contribution in [0.15, 0.2) is 77.0 Å². The molecule has 0 aliphatic rings. The molecule has 1 amide bonds. The van der Waals surface area contributed by atoms with Crippen LogP contribution in [0.25, 0.3) is 17.1 Å². The van der Waals surface area contributed by atoms with E-state index in [1.54, 1.807) is 51.7 Å². The fourth-order valence-electron chi connectivity index (χ4n) is 3.37. The maximum absolute atomic E-state index is 12.5. The van der Waals surface area contributed by atoms with Crippen molar-refractivity contribution < 1.29 is 19.0 Å². The third kappa shape index (κ3) is 6.41. The number of nitrogens with zero attached hydrogens (tertiary/aromatic N) is 4. The average Bonchev–Trinajstić information content (AvgIpc) is 3.36. The van der Waals surface area contributed by atoms with E-state index in [0.29, 0.717) is 33.1 Å². The summed E-state index contributed by atoms with van der Waals surface area (Å²) < 4.78 is 17.7. The third-order valence-corrected chi connectivity index (χ3v) is 6.41. The highest BCUT2D eigenvalue weighted by atomic mass is 35.5. The Bertz CT molecular complexity index is 1390. The number of hydrazone groups is 1. The molecule has 0 atom stereocenters. The van der Waals surface area contributed by atoms with Gasteiger partial charge in [0.15, 0.2) is 11.0 Å². The number of nitrogens with one attached hydrogen (secondary N) is 1.